The van der Waals surface area contributed by atoms with Gasteiger partial charge in [0.05, 0.1) is 24.7 Å². The first-order chi connectivity index (χ1) is 15.0. The number of benzene rings is 2. The number of hydrogen-bond donors (Lipinski definition) is 2. The largest absolute Gasteiger partial charge is 0.496 e. The maximum Gasteiger partial charge on any atom is 0.411 e. The second kappa shape index (κ2) is 8.95. The Balaban J connectivity index is 1.52. The molecule has 0 saturated heterocycles. The van der Waals surface area contributed by atoms with Crippen molar-refractivity contribution in [1.82, 2.24) is 4.57 Å². The zero-order valence-electron chi connectivity index (χ0n) is 17.2. The monoisotopic (exact) mass is 420 g/mol. The molecule has 31 heavy (non-hydrogen) atoms. The van der Waals surface area contributed by atoms with E-state index in [1.54, 1.807) is 12.1 Å². The number of amides is 1. The van der Waals surface area contributed by atoms with Crippen LogP contribution in [-0.4, -0.2) is 34.9 Å². The SMILES string of the molecule is COc1cc(C(=O)O)ccc1Cn1ccc2ccc(NC(=O)OC3CC=CCC3)cc21. The molecule has 2 aromatic carbocycles. The predicted octanol–water partition coefficient (Wildman–Crippen LogP) is 5.05. The summed E-state index contributed by atoms with van der Waals surface area (Å²) in [6.07, 6.45) is 8.07. The second-order valence-electron chi connectivity index (χ2n) is 7.49. The molecule has 0 radical (unpaired) electrons. The molecule has 2 N–H and O–H groups in total. The summed E-state index contributed by atoms with van der Waals surface area (Å²) in [5.74, 6) is -0.482. The van der Waals surface area contributed by atoms with Crippen molar-refractivity contribution in [1.29, 1.82) is 0 Å². The molecule has 3 aromatic rings. The highest BCUT2D eigenvalue weighted by Gasteiger charge is 2.16. The van der Waals surface area contributed by atoms with Gasteiger partial charge in [0.25, 0.3) is 0 Å². The molecule has 4 rings (SSSR count). The van der Waals surface area contributed by atoms with Crippen LogP contribution in [0, 0.1) is 0 Å². The fraction of sp³-hybridized carbons (Fsp3) is 0.250. The highest BCUT2D eigenvalue weighted by Crippen LogP contribution is 2.26. The highest BCUT2D eigenvalue weighted by molar-refractivity contribution is 5.90. The highest BCUT2D eigenvalue weighted by atomic mass is 16.6. The maximum absolute atomic E-state index is 12.3. The lowest BCUT2D eigenvalue weighted by atomic mass is 10.1. The zero-order chi connectivity index (χ0) is 21.8. The van der Waals surface area contributed by atoms with Crippen molar-refractivity contribution in [3.63, 3.8) is 0 Å². The minimum absolute atomic E-state index is 0.0844. The lowest BCUT2D eigenvalue weighted by Gasteiger charge is -2.18. The third kappa shape index (κ3) is 4.71. The molecule has 1 aromatic heterocycles. The van der Waals surface area contributed by atoms with E-state index in [1.165, 1.54) is 13.2 Å². The molecule has 1 unspecified atom stereocenters. The average molecular weight is 420 g/mol. The van der Waals surface area contributed by atoms with Gasteiger partial charge in [-0.25, -0.2) is 9.59 Å². The van der Waals surface area contributed by atoms with Crippen molar-refractivity contribution in [3.05, 3.63) is 71.9 Å². The number of rotatable bonds is 6. The Morgan fingerprint density at radius 2 is 2.03 bits per heavy atom. The number of methoxy groups -OCH3 is 1. The van der Waals surface area contributed by atoms with Gasteiger partial charge in [0, 0.05) is 23.9 Å². The summed E-state index contributed by atoms with van der Waals surface area (Å²) in [7, 11) is 1.52. The van der Waals surface area contributed by atoms with Crippen LogP contribution in [0.1, 0.15) is 35.2 Å². The lowest BCUT2D eigenvalue weighted by Crippen LogP contribution is -2.23. The van der Waals surface area contributed by atoms with Crippen LogP contribution in [0.25, 0.3) is 10.9 Å². The predicted molar refractivity (Wildman–Crippen MR) is 118 cm³/mol. The van der Waals surface area contributed by atoms with Crippen molar-refractivity contribution in [2.24, 2.45) is 0 Å². The molecular formula is C24H24N2O5. The van der Waals surface area contributed by atoms with Gasteiger partial charge in [-0.15, -0.1) is 0 Å². The molecule has 0 spiro atoms. The molecule has 7 heteroatoms. The number of fused-ring (bicyclic) bond motifs is 1. The average Bonchev–Trinajstić information content (AvgIpc) is 3.16. The van der Waals surface area contributed by atoms with Gasteiger partial charge in [-0.1, -0.05) is 24.3 Å². The molecule has 0 saturated carbocycles. The van der Waals surface area contributed by atoms with Crippen LogP contribution in [0.3, 0.4) is 0 Å². The number of carbonyl (C=O) groups is 2. The molecule has 1 aliphatic rings. The summed E-state index contributed by atoms with van der Waals surface area (Å²) in [6.45, 7) is 0.495. The number of anilines is 1. The molecule has 7 nitrogen and oxygen atoms in total. The number of nitrogens with zero attached hydrogens (tertiary/aromatic N) is 1. The van der Waals surface area contributed by atoms with Crippen molar-refractivity contribution < 1.29 is 24.2 Å². The Bertz CT molecular complexity index is 1150. The molecule has 1 heterocycles. The lowest BCUT2D eigenvalue weighted by molar-refractivity contribution is 0.0696. The minimum Gasteiger partial charge on any atom is -0.496 e. The van der Waals surface area contributed by atoms with Crippen molar-refractivity contribution in [3.8, 4) is 5.75 Å². The number of hydrogen-bond acceptors (Lipinski definition) is 4. The third-order valence-corrected chi connectivity index (χ3v) is 5.39. The smallest absolute Gasteiger partial charge is 0.411 e. The van der Waals surface area contributed by atoms with E-state index >= 15 is 0 Å². The van der Waals surface area contributed by atoms with Crippen molar-refractivity contribution >= 4 is 28.7 Å². The number of ether oxygens (including phenoxy) is 2. The number of aromatic carboxylic acids is 1. The van der Waals surface area contributed by atoms with Crippen LogP contribution in [0.4, 0.5) is 10.5 Å². The summed E-state index contributed by atoms with van der Waals surface area (Å²) < 4.78 is 12.9. The Morgan fingerprint density at radius 1 is 1.16 bits per heavy atom. The number of carboxylic acids is 1. The van der Waals surface area contributed by atoms with Gasteiger partial charge in [-0.2, -0.15) is 0 Å². The first-order valence-electron chi connectivity index (χ1n) is 10.2. The topological polar surface area (TPSA) is 89.8 Å². The van der Waals surface area contributed by atoms with Crippen LogP contribution in [0.15, 0.2) is 60.8 Å². The molecule has 1 amide bonds. The maximum atomic E-state index is 12.3. The first kappa shape index (κ1) is 20.5. The normalized spacial score (nSPS) is 15.6. The Kier molecular flexibility index (Phi) is 5.93. The van der Waals surface area contributed by atoms with E-state index in [1.807, 2.05) is 41.1 Å². The van der Waals surface area contributed by atoms with E-state index in [4.69, 9.17) is 9.47 Å². The van der Waals surface area contributed by atoms with Crippen LogP contribution in [0.2, 0.25) is 0 Å². The van der Waals surface area contributed by atoms with E-state index in [2.05, 4.69) is 11.4 Å². The zero-order valence-corrected chi connectivity index (χ0v) is 17.2. The molecule has 0 fully saturated rings. The first-order valence-corrected chi connectivity index (χ1v) is 10.2. The minimum atomic E-state index is -0.997. The van der Waals surface area contributed by atoms with Gasteiger partial charge in [0.15, 0.2) is 0 Å². The number of carboxylic acid groups (broad SMARTS) is 1. The third-order valence-electron chi connectivity index (χ3n) is 5.39. The van der Waals surface area contributed by atoms with Gasteiger partial charge in [0.1, 0.15) is 11.9 Å². The number of carbonyl (C=O) groups excluding carboxylic acids is 1. The van der Waals surface area contributed by atoms with E-state index in [0.29, 0.717) is 18.0 Å². The van der Waals surface area contributed by atoms with Gasteiger partial charge in [-0.05, 0) is 48.6 Å². The summed E-state index contributed by atoms with van der Waals surface area (Å²) >= 11 is 0. The van der Waals surface area contributed by atoms with E-state index < -0.39 is 12.1 Å². The molecular weight excluding hydrogens is 396 g/mol. The number of nitrogens with one attached hydrogen (secondary N) is 1. The number of aromatic nitrogens is 1. The van der Waals surface area contributed by atoms with Gasteiger partial charge >= 0.3 is 12.1 Å². The van der Waals surface area contributed by atoms with Crippen molar-refractivity contribution in [2.75, 3.05) is 12.4 Å². The van der Waals surface area contributed by atoms with Crippen LogP contribution in [-0.2, 0) is 11.3 Å². The fourth-order valence-corrected chi connectivity index (χ4v) is 3.76. The van der Waals surface area contributed by atoms with Crippen LogP contribution in [0.5, 0.6) is 5.75 Å². The molecule has 1 aliphatic carbocycles. The van der Waals surface area contributed by atoms with Gasteiger partial charge in [0.2, 0.25) is 0 Å². The number of allylic oxidation sites excluding steroid dienone is 1. The Labute approximate surface area is 179 Å². The standard InChI is InChI=1S/C24H24N2O5/c1-30-22-13-17(23(27)28)7-8-18(22)15-26-12-11-16-9-10-19(14-21(16)26)25-24(29)31-20-5-3-2-4-6-20/h2-3,7-14,20H,4-6,15H2,1H3,(H,25,29)(H,27,28). The molecule has 1 atom stereocenters. The van der Waals surface area contributed by atoms with Crippen LogP contribution >= 0.6 is 0 Å². The van der Waals surface area contributed by atoms with Crippen molar-refractivity contribution in [2.45, 2.75) is 31.9 Å². The molecule has 160 valence electrons. The summed E-state index contributed by atoms with van der Waals surface area (Å²) in [5, 5.41) is 13.0. The van der Waals surface area contributed by atoms with E-state index in [-0.39, 0.29) is 11.7 Å². The molecule has 0 bridgehead atoms. The summed E-state index contributed by atoms with van der Waals surface area (Å²) in [5.41, 5.74) is 2.62. The summed E-state index contributed by atoms with van der Waals surface area (Å²) in [6, 6.07) is 12.5. The van der Waals surface area contributed by atoms with Gasteiger partial charge < -0.3 is 19.1 Å². The van der Waals surface area contributed by atoms with E-state index in [0.717, 1.165) is 35.7 Å². The van der Waals surface area contributed by atoms with Gasteiger partial charge in [-0.3, -0.25) is 5.32 Å². The Morgan fingerprint density at radius 3 is 2.77 bits per heavy atom. The molecule has 0 aliphatic heterocycles. The Hall–Kier alpha value is -3.74. The van der Waals surface area contributed by atoms with Crippen LogP contribution < -0.4 is 10.1 Å². The fourth-order valence-electron chi connectivity index (χ4n) is 3.76. The summed E-state index contributed by atoms with van der Waals surface area (Å²) in [4.78, 5) is 23.5. The second-order valence-corrected chi connectivity index (χ2v) is 7.49. The van der Waals surface area contributed by atoms with E-state index in [9.17, 15) is 14.7 Å². The quantitative estimate of drug-likeness (QED) is 0.545.